The third-order valence-corrected chi connectivity index (χ3v) is 8.40. The number of rotatable bonds is 6. The maximum absolute atomic E-state index is 12.5. The molecule has 2 heterocycles. The first-order chi connectivity index (χ1) is 13.6. The van der Waals surface area contributed by atoms with Gasteiger partial charge in [0.05, 0.1) is 0 Å². The maximum atomic E-state index is 12.5. The fraction of sp³-hybridized carbons (Fsp3) is 0.700. The van der Waals surface area contributed by atoms with Crippen molar-refractivity contribution in [2.45, 2.75) is 63.3 Å². The second-order valence-corrected chi connectivity index (χ2v) is 10.5. The highest BCUT2D eigenvalue weighted by Gasteiger charge is 2.26. The van der Waals surface area contributed by atoms with Gasteiger partial charge in [-0.2, -0.15) is 0 Å². The third kappa shape index (κ3) is 5.56. The molecule has 3 atom stereocenters. The van der Waals surface area contributed by atoms with Gasteiger partial charge < -0.3 is 15.5 Å². The van der Waals surface area contributed by atoms with E-state index >= 15 is 0 Å². The number of carbonyl (C=O) groups is 1. The summed E-state index contributed by atoms with van der Waals surface area (Å²) in [6.45, 7) is 4.12. The molecule has 156 valence electrons. The lowest BCUT2D eigenvalue weighted by Gasteiger charge is -2.30. The van der Waals surface area contributed by atoms with Crippen LogP contribution in [0.5, 0.6) is 0 Å². The lowest BCUT2D eigenvalue weighted by molar-refractivity contribution is -0.131. The molecular formula is C20H32N4O2S2. The number of carbonyl (C=O) groups excluding carboxylic acids is 1. The second-order valence-electron chi connectivity index (χ2n) is 7.48. The summed E-state index contributed by atoms with van der Waals surface area (Å²) >= 11 is 1.79. The van der Waals surface area contributed by atoms with Gasteiger partial charge in [-0.15, -0.1) is 11.3 Å². The van der Waals surface area contributed by atoms with E-state index in [1.54, 1.807) is 18.4 Å². The van der Waals surface area contributed by atoms with E-state index in [4.69, 9.17) is 0 Å². The number of hydrogen-bond acceptors (Lipinski definition) is 4. The van der Waals surface area contributed by atoms with Crippen LogP contribution in [0.2, 0.25) is 0 Å². The Morgan fingerprint density at radius 1 is 1.43 bits per heavy atom. The Labute approximate surface area is 174 Å². The number of amides is 1. The van der Waals surface area contributed by atoms with Gasteiger partial charge in [-0.1, -0.05) is 13.3 Å². The first-order valence-corrected chi connectivity index (χ1v) is 12.5. The summed E-state index contributed by atoms with van der Waals surface area (Å²) in [5, 5.41) is 9.14. The van der Waals surface area contributed by atoms with Crippen LogP contribution in [0, 0.1) is 0 Å². The highest BCUT2D eigenvalue weighted by Crippen LogP contribution is 2.24. The number of guanidine groups is 1. The molecule has 28 heavy (non-hydrogen) atoms. The van der Waals surface area contributed by atoms with Crippen molar-refractivity contribution in [1.29, 1.82) is 0 Å². The van der Waals surface area contributed by atoms with Gasteiger partial charge in [0, 0.05) is 65.8 Å². The van der Waals surface area contributed by atoms with Crippen LogP contribution in [0.25, 0.3) is 0 Å². The van der Waals surface area contributed by atoms with E-state index < -0.39 is 10.8 Å². The van der Waals surface area contributed by atoms with Crippen molar-refractivity contribution in [2.24, 2.45) is 4.99 Å². The van der Waals surface area contributed by atoms with Crippen molar-refractivity contribution in [3.8, 4) is 0 Å². The molecule has 1 saturated carbocycles. The zero-order valence-electron chi connectivity index (χ0n) is 16.9. The van der Waals surface area contributed by atoms with E-state index in [9.17, 15) is 9.00 Å². The smallest absolute Gasteiger partial charge is 0.224 e. The predicted molar refractivity (Wildman–Crippen MR) is 117 cm³/mol. The average molecular weight is 425 g/mol. The highest BCUT2D eigenvalue weighted by atomic mass is 32.2. The SMILES string of the molecule is CCS(=O)C1CCCC(NC(=NC)NCCC(=O)N2CCc3sccc3C2)C1. The number of nitrogens with one attached hydrogen (secondary N) is 2. The minimum atomic E-state index is -0.728. The van der Waals surface area contributed by atoms with Gasteiger partial charge in [0.15, 0.2) is 5.96 Å². The molecule has 1 aromatic heterocycles. The average Bonchev–Trinajstić information content (AvgIpc) is 3.20. The summed E-state index contributed by atoms with van der Waals surface area (Å²) in [7, 11) is 1.03. The molecule has 1 aliphatic carbocycles. The van der Waals surface area contributed by atoms with Gasteiger partial charge in [-0.3, -0.25) is 14.0 Å². The Bertz CT molecular complexity index is 719. The molecule has 1 aliphatic heterocycles. The predicted octanol–water partition coefficient (Wildman–Crippen LogP) is 2.27. The van der Waals surface area contributed by atoms with Crippen molar-refractivity contribution in [3.05, 3.63) is 21.9 Å². The summed E-state index contributed by atoms with van der Waals surface area (Å²) in [6, 6.07) is 2.43. The maximum Gasteiger partial charge on any atom is 0.224 e. The van der Waals surface area contributed by atoms with Crippen molar-refractivity contribution < 1.29 is 9.00 Å². The molecule has 0 bridgehead atoms. The highest BCUT2D eigenvalue weighted by molar-refractivity contribution is 7.85. The standard InChI is InChI=1S/C20H32N4O2S2/c1-3-28(26)17-6-4-5-16(13-17)23-20(21-2)22-10-7-19(25)24-11-8-18-15(14-24)9-12-27-18/h9,12,16-17H,3-8,10-11,13-14H2,1-2H3,(H2,21,22,23). The van der Waals surface area contributed by atoms with E-state index in [-0.39, 0.29) is 11.2 Å². The van der Waals surface area contributed by atoms with Gasteiger partial charge in [0.2, 0.25) is 5.91 Å². The fourth-order valence-electron chi connectivity index (χ4n) is 4.05. The number of thiophene rings is 1. The van der Waals surface area contributed by atoms with Crippen molar-refractivity contribution in [1.82, 2.24) is 15.5 Å². The molecule has 0 saturated heterocycles. The molecule has 3 unspecified atom stereocenters. The Morgan fingerprint density at radius 3 is 3.07 bits per heavy atom. The number of fused-ring (bicyclic) bond motifs is 1. The summed E-state index contributed by atoms with van der Waals surface area (Å²) in [5.74, 6) is 1.66. The van der Waals surface area contributed by atoms with E-state index in [1.165, 1.54) is 10.4 Å². The van der Waals surface area contributed by atoms with Crippen LogP contribution in [0.15, 0.2) is 16.4 Å². The number of aliphatic imine (C=N–C) groups is 1. The van der Waals surface area contributed by atoms with Crippen LogP contribution in [0.1, 0.15) is 49.5 Å². The van der Waals surface area contributed by atoms with Gasteiger partial charge in [-0.25, -0.2) is 0 Å². The van der Waals surface area contributed by atoms with Gasteiger partial charge in [0.1, 0.15) is 0 Å². The van der Waals surface area contributed by atoms with Crippen LogP contribution in [0.3, 0.4) is 0 Å². The molecule has 3 rings (SSSR count). The minimum Gasteiger partial charge on any atom is -0.356 e. The third-order valence-electron chi connectivity index (χ3n) is 5.64. The quantitative estimate of drug-likeness (QED) is 0.543. The van der Waals surface area contributed by atoms with Crippen molar-refractivity contribution >= 4 is 34.0 Å². The Morgan fingerprint density at radius 2 is 2.29 bits per heavy atom. The largest absolute Gasteiger partial charge is 0.356 e. The summed E-state index contributed by atoms with van der Waals surface area (Å²) < 4.78 is 12.1. The zero-order chi connectivity index (χ0) is 19.9. The summed E-state index contributed by atoms with van der Waals surface area (Å²) in [6.07, 6.45) is 5.60. The molecule has 1 fully saturated rings. The lowest BCUT2D eigenvalue weighted by Crippen LogP contribution is -2.47. The second kappa shape index (κ2) is 10.4. The molecule has 1 amide bonds. The van der Waals surface area contributed by atoms with Crippen molar-refractivity contribution in [2.75, 3.05) is 25.9 Å². The zero-order valence-corrected chi connectivity index (χ0v) is 18.5. The molecule has 8 heteroatoms. The first-order valence-electron chi connectivity index (χ1n) is 10.3. The molecule has 0 spiro atoms. The van der Waals surface area contributed by atoms with Crippen LogP contribution in [-0.4, -0.2) is 58.2 Å². The molecule has 1 aromatic rings. The monoisotopic (exact) mass is 424 g/mol. The van der Waals surface area contributed by atoms with Gasteiger partial charge in [0.25, 0.3) is 0 Å². The van der Waals surface area contributed by atoms with E-state index in [2.05, 4.69) is 27.1 Å². The molecule has 6 nitrogen and oxygen atoms in total. The molecular weight excluding hydrogens is 392 g/mol. The topological polar surface area (TPSA) is 73.8 Å². The van der Waals surface area contributed by atoms with Crippen LogP contribution >= 0.6 is 11.3 Å². The van der Waals surface area contributed by atoms with Crippen molar-refractivity contribution in [3.63, 3.8) is 0 Å². The normalized spacial score (nSPS) is 23.8. The van der Waals surface area contributed by atoms with Gasteiger partial charge in [-0.05, 0) is 42.7 Å². The number of nitrogens with zero attached hydrogens (tertiary/aromatic N) is 2. The lowest BCUT2D eigenvalue weighted by atomic mass is 9.95. The van der Waals surface area contributed by atoms with Crippen LogP contribution in [0.4, 0.5) is 0 Å². The Kier molecular flexibility index (Phi) is 7.91. The number of hydrogen-bond donors (Lipinski definition) is 2. The minimum absolute atomic E-state index is 0.191. The summed E-state index contributed by atoms with van der Waals surface area (Å²) in [4.78, 5) is 20.2. The Balaban J connectivity index is 1.41. The summed E-state index contributed by atoms with van der Waals surface area (Å²) in [5.41, 5.74) is 1.30. The fourth-order valence-corrected chi connectivity index (χ4v) is 6.28. The Hall–Kier alpha value is -1.41. The van der Waals surface area contributed by atoms with Crippen LogP contribution < -0.4 is 10.6 Å². The van der Waals surface area contributed by atoms with Gasteiger partial charge >= 0.3 is 0 Å². The van der Waals surface area contributed by atoms with E-state index in [1.807, 2.05) is 11.8 Å². The molecule has 0 radical (unpaired) electrons. The molecule has 2 aliphatic rings. The molecule has 2 N–H and O–H groups in total. The first kappa shape index (κ1) is 21.3. The van der Waals surface area contributed by atoms with Crippen LogP contribution in [-0.2, 0) is 28.6 Å². The molecule has 0 aromatic carbocycles. The van der Waals surface area contributed by atoms with E-state index in [0.29, 0.717) is 19.0 Å². The van der Waals surface area contributed by atoms with E-state index in [0.717, 1.165) is 56.9 Å².